The highest BCUT2D eigenvalue weighted by Gasteiger charge is 2.13. The third-order valence-electron chi connectivity index (χ3n) is 3.18. The zero-order chi connectivity index (χ0) is 14.8. The van der Waals surface area contributed by atoms with Crippen molar-refractivity contribution in [3.05, 3.63) is 30.1 Å². The van der Waals surface area contributed by atoms with Crippen LogP contribution in [0.3, 0.4) is 0 Å². The maximum Gasteiger partial charge on any atom is 0.196 e. The second-order valence-electron chi connectivity index (χ2n) is 4.80. The van der Waals surface area contributed by atoms with Gasteiger partial charge in [0.05, 0.1) is 0 Å². The van der Waals surface area contributed by atoms with E-state index < -0.39 is 5.97 Å². The maximum atomic E-state index is 10.4. The minimum atomic E-state index is -1.05. The molecule has 1 aromatic carbocycles. The topological polar surface area (TPSA) is 91.1 Å². The Bertz CT molecular complexity index is 810. The Balaban J connectivity index is 1.96. The van der Waals surface area contributed by atoms with Gasteiger partial charge >= 0.3 is 0 Å². The number of fused-ring (bicyclic) bond motifs is 3. The minimum absolute atomic E-state index is 0.0142. The van der Waals surface area contributed by atoms with Gasteiger partial charge < -0.3 is 19.6 Å². The fourth-order valence-electron chi connectivity index (χ4n) is 2.26. The van der Waals surface area contributed by atoms with Crippen molar-refractivity contribution in [3.8, 4) is 0 Å². The van der Waals surface area contributed by atoms with Crippen LogP contribution in [-0.2, 0) is 4.79 Å². The molecule has 2 heterocycles. The summed E-state index contributed by atoms with van der Waals surface area (Å²) in [6.45, 7) is 2.30. The number of nitrogens with one attached hydrogen (secondary N) is 1. The molecule has 0 bridgehead atoms. The van der Waals surface area contributed by atoms with Gasteiger partial charge in [-0.05, 0) is 31.9 Å². The predicted molar refractivity (Wildman–Crippen MR) is 76.8 cm³/mol. The number of aryl methyl sites for hydroxylation is 1. The molecule has 0 radical (unpaired) electrons. The van der Waals surface area contributed by atoms with Crippen LogP contribution in [0.25, 0.3) is 22.1 Å². The average molecular weight is 284 g/mol. The van der Waals surface area contributed by atoms with E-state index in [0.717, 1.165) is 16.5 Å². The molecule has 21 heavy (non-hydrogen) atoms. The van der Waals surface area contributed by atoms with E-state index in [1.54, 1.807) is 0 Å². The van der Waals surface area contributed by atoms with Crippen LogP contribution < -0.4 is 10.4 Å². The van der Waals surface area contributed by atoms with Crippen LogP contribution in [-0.4, -0.2) is 22.5 Å². The molecule has 0 amide bonds. The summed E-state index contributed by atoms with van der Waals surface area (Å²) in [5.74, 6) is 0.174. The van der Waals surface area contributed by atoms with Crippen molar-refractivity contribution in [1.82, 2.24) is 9.97 Å². The minimum Gasteiger partial charge on any atom is -0.550 e. The molecule has 6 nitrogen and oxygen atoms in total. The lowest BCUT2D eigenvalue weighted by molar-refractivity contribution is -0.305. The monoisotopic (exact) mass is 284 g/mol. The number of aliphatic carboxylic acids is 1. The first kappa shape index (κ1) is 13.4. The number of carboxylic acid groups (broad SMARTS) is 1. The normalized spacial score (nSPS) is 11.1. The molecule has 0 aliphatic rings. The smallest absolute Gasteiger partial charge is 0.196 e. The van der Waals surface area contributed by atoms with E-state index in [1.807, 2.05) is 31.2 Å². The number of aromatic nitrogens is 2. The number of nitrogens with zero attached hydrogens (tertiary/aromatic N) is 2. The Hall–Kier alpha value is -2.63. The summed E-state index contributed by atoms with van der Waals surface area (Å²) in [4.78, 5) is 19.2. The van der Waals surface area contributed by atoms with E-state index in [0.29, 0.717) is 30.2 Å². The summed E-state index contributed by atoms with van der Waals surface area (Å²) in [7, 11) is 0. The number of anilines is 1. The van der Waals surface area contributed by atoms with Gasteiger partial charge in [0.2, 0.25) is 0 Å². The van der Waals surface area contributed by atoms with E-state index >= 15 is 0 Å². The summed E-state index contributed by atoms with van der Waals surface area (Å²) in [6.07, 6.45) is 0.480. The number of hydrogen-bond donors (Lipinski definition) is 1. The van der Waals surface area contributed by atoms with Gasteiger partial charge in [0.15, 0.2) is 11.4 Å². The molecule has 1 N–H and O–H groups in total. The summed E-state index contributed by atoms with van der Waals surface area (Å²) in [5.41, 5.74) is 2.11. The van der Waals surface area contributed by atoms with Gasteiger partial charge in [-0.15, -0.1) is 0 Å². The van der Waals surface area contributed by atoms with Crippen LogP contribution in [0.15, 0.2) is 28.7 Å². The highest BCUT2D eigenvalue weighted by atomic mass is 16.4. The lowest BCUT2D eigenvalue weighted by atomic mass is 10.2. The molecule has 3 aromatic rings. The van der Waals surface area contributed by atoms with Crippen molar-refractivity contribution in [1.29, 1.82) is 0 Å². The van der Waals surface area contributed by atoms with Crippen LogP contribution in [0.2, 0.25) is 0 Å². The summed E-state index contributed by atoms with van der Waals surface area (Å²) in [6, 6.07) is 7.67. The van der Waals surface area contributed by atoms with Gasteiger partial charge in [-0.2, -0.15) is 0 Å². The number of carbonyl (C=O) groups is 1. The van der Waals surface area contributed by atoms with Gasteiger partial charge in [-0.3, -0.25) is 0 Å². The zero-order valence-electron chi connectivity index (χ0n) is 11.5. The second-order valence-corrected chi connectivity index (χ2v) is 4.80. The van der Waals surface area contributed by atoms with Gasteiger partial charge in [0.25, 0.3) is 0 Å². The Morgan fingerprint density at radius 1 is 1.33 bits per heavy atom. The fourth-order valence-corrected chi connectivity index (χ4v) is 2.26. The summed E-state index contributed by atoms with van der Waals surface area (Å²) < 4.78 is 5.80. The highest BCUT2D eigenvalue weighted by Crippen LogP contribution is 2.30. The number of carboxylic acids is 1. The largest absolute Gasteiger partial charge is 0.550 e. The van der Waals surface area contributed by atoms with Crippen LogP contribution in [0, 0.1) is 6.92 Å². The third-order valence-corrected chi connectivity index (χ3v) is 3.18. The van der Waals surface area contributed by atoms with E-state index in [-0.39, 0.29) is 6.42 Å². The van der Waals surface area contributed by atoms with Crippen LogP contribution in [0.5, 0.6) is 0 Å². The van der Waals surface area contributed by atoms with Crippen molar-refractivity contribution < 1.29 is 14.3 Å². The van der Waals surface area contributed by atoms with Gasteiger partial charge in [0.1, 0.15) is 16.9 Å². The first-order valence-corrected chi connectivity index (χ1v) is 6.75. The van der Waals surface area contributed by atoms with E-state index in [9.17, 15) is 9.90 Å². The predicted octanol–water partition coefficient (Wildman–Crippen LogP) is 1.63. The number of carbonyl (C=O) groups excluding carboxylic acids is 1. The van der Waals surface area contributed by atoms with E-state index in [1.165, 1.54) is 0 Å². The molecule has 0 fully saturated rings. The van der Waals surface area contributed by atoms with E-state index in [4.69, 9.17) is 4.42 Å². The van der Waals surface area contributed by atoms with Crippen molar-refractivity contribution >= 4 is 33.9 Å². The van der Waals surface area contributed by atoms with Crippen molar-refractivity contribution in [2.24, 2.45) is 0 Å². The molecular formula is C15H14N3O3-. The molecule has 0 saturated carbocycles. The molecule has 0 aliphatic heterocycles. The number of para-hydroxylation sites is 1. The quantitative estimate of drug-likeness (QED) is 0.716. The molecule has 0 saturated heterocycles. The molecule has 0 spiro atoms. The molecule has 0 aliphatic carbocycles. The summed E-state index contributed by atoms with van der Waals surface area (Å²) >= 11 is 0. The maximum absolute atomic E-state index is 10.4. The SMILES string of the molecule is Cc1nc(NCCCC(=O)[O-])c2oc3ccccc3c2n1. The summed E-state index contributed by atoms with van der Waals surface area (Å²) in [5, 5.41) is 14.5. The van der Waals surface area contributed by atoms with E-state index in [2.05, 4.69) is 15.3 Å². The second kappa shape index (κ2) is 5.40. The van der Waals surface area contributed by atoms with Gasteiger partial charge in [-0.1, -0.05) is 12.1 Å². The first-order valence-electron chi connectivity index (χ1n) is 6.75. The Kier molecular flexibility index (Phi) is 3.43. The highest BCUT2D eigenvalue weighted by molar-refractivity contribution is 6.05. The third kappa shape index (κ3) is 2.65. The van der Waals surface area contributed by atoms with Gasteiger partial charge in [-0.25, -0.2) is 9.97 Å². The molecule has 0 unspecified atom stereocenters. The van der Waals surface area contributed by atoms with Gasteiger partial charge in [0, 0.05) is 17.9 Å². The average Bonchev–Trinajstić information content (AvgIpc) is 2.82. The molecule has 2 aromatic heterocycles. The molecule has 3 rings (SSSR count). The number of furan rings is 1. The molecule has 6 heteroatoms. The van der Waals surface area contributed by atoms with Crippen LogP contribution >= 0.6 is 0 Å². The number of hydrogen-bond acceptors (Lipinski definition) is 6. The van der Waals surface area contributed by atoms with Crippen molar-refractivity contribution in [2.75, 3.05) is 11.9 Å². The Labute approximate surface area is 120 Å². The fraction of sp³-hybridized carbons (Fsp3) is 0.267. The number of benzene rings is 1. The van der Waals surface area contributed by atoms with Crippen LogP contribution in [0.1, 0.15) is 18.7 Å². The first-order chi connectivity index (χ1) is 10.1. The standard InChI is InChI=1S/C15H15N3O3/c1-9-17-13-10-5-2-3-6-11(10)21-14(13)15(18-9)16-8-4-7-12(19)20/h2-3,5-6H,4,7-8H2,1H3,(H,19,20)(H,16,17,18)/p-1. The zero-order valence-corrected chi connectivity index (χ0v) is 11.5. The number of rotatable bonds is 5. The molecular weight excluding hydrogens is 270 g/mol. The Morgan fingerprint density at radius 2 is 2.14 bits per heavy atom. The van der Waals surface area contributed by atoms with Crippen LogP contribution in [0.4, 0.5) is 5.82 Å². The molecule has 108 valence electrons. The Morgan fingerprint density at radius 3 is 2.95 bits per heavy atom. The molecule has 0 atom stereocenters. The van der Waals surface area contributed by atoms with Crippen molar-refractivity contribution in [3.63, 3.8) is 0 Å². The lowest BCUT2D eigenvalue weighted by Crippen LogP contribution is -2.22. The van der Waals surface area contributed by atoms with Crippen molar-refractivity contribution in [2.45, 2.75) is 19.8 Å². The lowest BCUT2D eigenvalue weighted by Gasteiger charge is -2.07.